The monoisotopic (exact) mass is 496 g/mol. The summed E-state index contributed by atoms with van der Waals surface area (Å²) in [6.45, 7) is 0.610. The van der Waals surface area contributed by atoms with Gasteiger partial charge in [-0.3, -0.25) is 24.9 Å². The molecule has 2 N–H and O–H groups in total. The topological polar surface area (TPSA) is 153 Å². The molecule has 0 unspecified atom stereocenters. The number of pyridine rings is 1. The molecule has 2 aliphatic rings. The van der Waals surface area contributed by atoms with Crippen molar-refractivity contribution in [1.29, 1.82) is 0 Å². The van der Waals surface area contributed by atoms with Crippen LogP contribution in [0.2, 0.25) is 0 Å². The summed E-state index contributed by atoms with van der Waals surface area (Å²) in [5.74, 6) is -1.55. The number of amides is 4. The second kappa shape index (κ2) is 8.51. The molecule has 1 spiro atoms. The van der Waals surface area contributed by atoms with Gasteiger partial charge in [-0.1, -0.05) is 12.1 Å². The zero-order chi connectivity index (χ0) is 24.6. The summed E-state index contributed by atoms with van der Waals surface area (Å²) in [4.78, 5) is 41.2. The van der Waals surface area contributed by atoms with E-state index in [0.717, 1.165) is 9.87 Å². The summed E-state index contributed by atoms with van der Waals surface area (Å²) in [5, 5.41) is 8.17. The van der Waals surface area contributed by atoms with Crippen LogP contribution < -0.4 is 19.7 Å². The van der Waals surface area contributed by atoms with Crippen molar-refractivity contribution in [3.63, 3.8) is 0 Å². The van der Waals surface area contributed by atoms with E-state index >= 15 is 0 Å². The Hall–Kier alpha value is -4.26. The number of sulfonamides is 1. The van der Waals surface area contributed by atoms with Crippen LogP contribution in [0.15, 0.2) is 61.1 Å². The van der Waals surface area contributed by atoms with Crippen molar-refractivity contribution in [3.05, 3.63) is 66.6 Å². The van der Waals surface area contributed by atoms with Crippen LogP contribution in [-0.4, -0.2) is 52.3 Å². The highest BCUT2D eigenvalue weighted by molar-refractivity contribution is 7.93. The number of imide groups is 2. The van der Waals surface area contributed by atoms with Crippen LogP contribution in [0.1, 0.15) is 18.4 Å². The van der Waals surface area contributed by atoms with Crippen molar-refractivity contribution in [1.82, 2.24) is 25.4 Å². The van der Waals surface area contributed by atoms with Crippen molar-refractivity contribution in [2.45, 2.75) is 24.9 Å². The molecule has 2 saturated heterocycles. The first-order valence-corrected chi connectivity index (χ1v) is 12.3. The smallest absolute Gasteiger partial charge is 0.328 e. The van der Waals surface area contributed by atoms with E-state index in [1.165, 1.54) is 18.3 Å². The number of aromatic nitrogens is 3. The maximum atomic E-state index is 13.0. The highest BCUT2D eigenvalue weighted by Gasteiger charge is 2.60. The van der Waals surface area contributed by atoms with Crippen LogP contribution in [0, 0.1) is 0 Å². The van der Waals surface area contributed by atoms with E-state index in [1.807, 2.05) is 35.0 Å². The molecule has 2 fully saturated rings. The SMILES string of the molecule is O=C1NC(=O)C2(CCCS(=O)(=O)N2c2ccc(Oc3ccc(Cn4cccn4)cc3)nc2)C(=O)N1. The number of hydrogen-bond donors (Lipinski definition) is 2. The molecule has 4 amide bonds. The molecule has 5 rings (SSSR count). The van der Waals surface area contributed by atoms with Gasteiger partial charge in [0.2, 0.25) is 21.4 Å². The second-order valence-electron chi connectivity index (χ2n) is 8.09. The minimum atomic E-state index is -4.05. The number of barbiturate groups is 1. The van der Waals surface area contributed by atoms with Crippen LogP contribution in [0.25, 0.3) is 0 Å². The van der Waals surface area contributed by atoms with Crippen LogP contribution in [0.5, 0.6) is 11.6 Å². The Bertz CT molecular complexity index is 1370. The number of ether oxygens (including phenoxy) is 1. The number of carbonyl (C=O) groups is 3. The lowest BCUT2D eigenvalue weighted by atomic mass is 9.89. The Labute approximate surface area is 199 Å². The van der Waals surface area contributed by atoms with Gasteiger partial charge in [0.1, 0.15) is 5.75 Å². The minimum Gasteiger partial charge on any atom is -0.439 e. The predicted octanol–water partition coefficient (Wildman–Crippen LogP) is 1.15. The number of urea groups is 1. The lowest BCUT2D eigenvalue weighted by molar-refractivity contribution is -0.137. The molecule has 0 radical (unpaired) electrons. The number of anilines is 1. The van der Waals surface area contributed by atoms with E-state index in [2.05, 4.69) is 10.1 Å². The molecule has 0 atom stereocenters. The molecule has 0 aliphatic carbocycles. The van der Waals surface area contributed by atoms with Crippen LogP contribution in [-0.2, 0) is 26.2 Å². The van der Waals surface area contributed by atoms with E-state index in [-0.39, 0.29) is 30.2 Å². The first-order chi connectivity index (χ1) is 16.8. The molecule has 1 aromatic carbocycles. The Kier molecular flexibility index (Phi) is 5.47. The number of nitrogens with zero attached hydrogens (tertiary/aromatic N) is 4. The highest BCUT2D eigenvalue weighted by Crippen LogP contribution is 2.37. The van der Waals surface area contributed by atoms with Crippen molar-refractivity contribution in [3.8, 4) is 11.6 Å². The second-order valence-corrected chi connectivity index (χ2v) is 10.0. The van der Waals surface area contributed by atoms with Gasteiger partial charge in [0.15, 0.2) is 0 Å². The van der Waals surface area contributed by atoms with E-state index in [1.54, 1.807) is 23.0 Å². The largest absolute Gasteiger partial charge is 0.439 e. The Morgan fingerprint density at radius 3 is 2.40 bits per heavy atom. The van der Waals surface area contributed by atoms with Crippen LogP contribution in [0.3, 0.4) is 0 Å². The zero-order valence-corrected chi connectivity index (χ0v) is 19.1. The molecule has 3 aromatic rings. The van der Waals surface area contributed by atoms with Crippen LogP contribution >= 0.6 is 0 Å². The molecule has 13 heteroatoms. The van der Waals surface area contributed by atoms with Gasteiger partial charge in [-0.15, -0.1) is 0 Å². The maximum absolute atomic E-state index is 13.0. The van der Waals surface area contributed by atoms with E-state index in [4.69, 9.17) is 4.74 Å². The van der Waals surface area contributed by atoms with E-state index in [9.17, 15) is 22.8 Å². The molecule has 4 heterocycles. The van der Waals surface area contributed by atoms with Crippen molar-refractivity contribution >= 4 is 33.6 Å². The summed E-state index contributed by atoms with van der Waals surface area (Å²) >= 11 is 0. The first kappa shape index (κ1) is 22.5. The fourth-order valence-corrected chi connectivity index (χ4v) is 6.05. The van der Waals surface area contributed by atoms with Crippen LogP contribution in [0.4, 0.5) is 10.5 Å². The molecule has 2 aliphatic heterocycles. The van der Waals surface area contributed by atoms with E-state index < -0.39 is 33.4 Å². The third kappa shape index (κ3) is 4.10. The molecular formula is C22H20N6O6S. The fourth-order valence-electron chi connectivity index (χ4n) is 4.20. The first-order valence-electron chi connectivity index (χ1n) is 10.7. The Morgan fingerprint density at radius 2 is 1.77 bits per heavy atom. The van der Waals surface area contributed by atoms with Gasteiger partial charge in [0.05, 0.1) is 24.2 Å². The normalized spacial score (nSPS) is 18.7. The number of carbonyl (C=O) groups excluding carboxylic acids is 3. The summed E-state index contributed by atoms with van der Waals surface area (Å²) in [6, 6.07) is 11.0. The number of nitrogens with one attached hydrogen (secondary N) is 2. The maximum Gasteiger partial charge on any atom is 0.328 e. The van der Waals surface area contributed by atoms with Gasteiger partial charge in [0.25, 0.3) is 11.8 Å². The average molecular weight is 497 g/mol. The predicted molar refractivity (Wildman–Crippen MR) is 122 cm³/mol. The number of hydrogen-bond acceptors (Lipinski definition) is 8. The highest BCUT2D eigenvalue weighted by atomic mass is 32.2. The third-order valence-corrected chi connectivity index (χ3v) is 7.66. The summed E-state index contributed by atoms with van der Waals surface area (Å²) in [5.41, 5.74) is -1.09. The molecule has 35 heavy (non-hydrogen) atoms. The summed E-state index contributed by atoms with van der Waals surface area (Å²) in [7, 11) is -4.05. The Morgan fingerprint density at radius 1 is 1.03 bits per heavy atom. The lowest BCUT2D eigenvalue weighted by Crippen LogP contribution is -2.75. The van der Waals surface area contributed by atoms with Crippen molar-refractivity contribution in [2.24, 2.45) is 0 Å². The van der Waals surface area contributed by atoms with Gasteiger partial charge in [-0.25, -0.2) is 22.5 Å². The summed E-state index contributed by atoms with van der Waals surface area (Å²) in [6.07, 6.45) is 4.78. The number of benzene rings is 1. The van der Waals surface area contributed by atoms with Gasteiger partial charge in [-0.05, 0) is 42.7 Å². The standard InChI is InChI=1S/C22H20N6O6S/c29-19-22(20(30)26-21(31)25-19)9-1-12-35(32,33)28(22)16-5-8-18(23-13-16)34-17-6-3-15(4-7-17)14-27-11-2-10-24-27/h2-8,10-11,13H,1,9,12,14H2,(H2,25,26,29,30,31). The molecule has 0 saturated carbocycles. The van der Waals surface area contributed by atoms with E-state index in [0.29, 0.717) is 12.3 Å². The molecular weight excluding hydrogens is 476 g/mol. The lowest BCUT2D eigenvalue weighted by Gasteiger charge is -2.45. The summed E-state index contributed by atoms with van der Waals surface area (Å²) < 4.78 is 34.2. The average Bonchev–Trinajstić information content (AvgIpc) is 3.32. The minimum absolute atomic E-state index is 0.00581. The Balaban J connectivity index is 1.38. The van der Waals surface area contributed by atoms with Gasteiger partial charge in [0, 0.05) is 18.5 Å². The third-order valence-electron chi connectivity index (χ3n) is 5.78. The van der Waals surface area contributed by atoms with Crippen molar-refractivity contribution < 1.29 is 27.5 Å². The molecule has 2 aromatic heterocycles. The molecule has 0 bridgehead atoms. The van der Waals surface area contributed by atoms with Gasteiger partial charge >= 0.3 is 6.03 Å². The fraction of sp³-hybridized carbons (Fsp3) is 0.227. The molecule has 180 valence electrons. The van der Waals surface area contributed by atoms with Gasteiger partial charge < -0.3 is 4.74 Å². The van der Waals surface area contributed by atoms with Gasteiger partial charge in [-0.2, -0.15) is 5.10 Å². The van der Waals surface area contributed by atoms with Crippen molar-refractivity contribution in [2.75, 3.05) is 10.1 Å². The molecule has 12 nitrogen and oxygen atoms in total. The quantitative estimate of drug-likeness (QED) is 0.499. The zero-order valence-electron chi connectivity index (χ0n) is 18.2. The number of rotatable bonds is 5.